The van der Waals surface area contributed by atoms with E-state index in [1.54, 1.807) is 19.1 Å². The van der Waals surface area contributed by atoms with E-state index in [1.165, 1.54) is 0 Å². The van der Waals surface area contributed by atoms with Crippen LogP contribution in [0.15, 0.2) is 18.2 Å². The molecule has 1 unspecified atom stereocenters. The van der Waals surface area contributed by atoms with Crippen LogP contribution in [0.2, 0.25) is 0 Å². The van der Waals surface area contributed by atoms with Crippen molar-refractivity contribution in [3.05, 3.63) is 29.3 Å². The molecule has 1 atom stereocenters. The van der Waals surface area contributed by atoms with Crippen molar-refractivity contribution in [1.82, 2.24) is 0 Å². The van der Waals surface area contributed by atoms with Crippen molar-refractivity contribution < 1.29 is 18.3 Å². The fourth-order valence-corrected chi connectivity index (χ4v) is 1.41. The van der Waals surface area contributed by atoms with Crippen LogP contribution in [0.4, 0.5) is 8.78 Å². The second-order valence-electron chi connectivity index (χ2n) is 3.19. The Morgan fingerprint density at radius 2 is 2.21 bits per heavy atom. The van der Waals surface area contributed by atoms with Crippen molar-refractivity contribution >= 4 is 0 Å². The molecule has 0 amide bonds. The van der Waals surface area contributed by atoms with Crippen LogP contribution in [0.5, 0.6) is 5.75 Å². The van der Waals surface area contributed by atoms with Gasteiger partial charge in [-0.25, -0.2) is 0 Å². The number of epoxide rings is 1. The van der Waals surface area contributed by atoms with Crippen molar-refractivity contribution in [3.8, 4) is 5.75 Å². The van der Waals surface area contributed by atoms with Gasteiger partial charge in [-0.05, 0) is 12.5 Å². The van der Waals surface area contributed by atoms with E-state index < -0.39 is 6.61 Å². The van der Waals surface area contributed by atoms with Gasteiger partial charge in [0.2, 0.25) is 0 Å². The molecule has 1 aromatic carbocycles. The maximum atomic E-state index is 12.1. The van der Waals surface area contributed by atoms with Gasteiger partial charge in [0.25, 0.3) is 0 Å². The van der Waals surface area contributed by atoms with Crippen molar-refractivity contribution in [2.45, 2.75) is 19.6 Å². The highest BCUT2D eigenvalue weighted by molar-refractivity contribution is 5.43. The maximum Gasteiger partial charge on any atom is 0.387 e. The summed E-state index contributed by atoms with van der Waals surface area (Å²) >= 11 is 0. The lowest BCUT2D eigenvalue weighted by Crippen LogP contribution is -2.05. The molecule has 0 N–H and O–H groups in total. The number of alkyl halides is 2. The summed E-state index contributed by atoms with van der Waals surface area (Å²) in [6.45, 7) is -0.458. The predicted octanol–water partition coefficient (Wildman–Crippen LogP) is 2.67. The summed E-state index contributed by atoms with van der Waals surface area (Å²) in [5.41, 5.74) is 1.42. The Bertz CT molecular complexity index is 335. The Morgan fingerprint density at radius 1 is 1.50 bits per heavy atom. The predicted molar refractivity (Wildman–Crippen MR) is 46.5 cm³/mol. The van der Waals surface area contributed by atoms with Gasteiger partial charge in [0.15, 0.2) is 0 Å². The van der Waals surface area contributed by atoms with Crippen LogP contribution < -0.4 is 4.74 Å². The van der Waals surface area contributed by atoms with Crippen LogP contribution in [0, 0.1) is 6.92 Å². The van der Waals surface area contributed by atoms with Gasteiger partial charge in [-0.1, -0.05) is 18.2 Å². The zero-order chi connectivity index (χ0) is 10.1. The Labute approximate surface area is 80.4 Å². The van der Waals surface area contributed by atoms with E-state index in [0.717, 1.165) is 0 Å². The monoisotopic (exact) mass is 200 g/mol. The Morgan fingerprint density at radius 3 is 2.79 bits per heavy atom. The zero-order valence-electron chi connectivity index (χ0n) is 7.67. The van der Waals surface area contributed by atoms with Crippen LogP contribution in [-0.4, -0.2) is 13.2 Å². The minimum atomic E-state index is -2.78. The van der Waals surface area contributed by atoms with Crippen molar-refractivity contribution in [1.29, 1.82) is 0 Å². The second-order valence-corrected chi connectivity index (χ2v) is 3.19. The van der Waals surface area contributed by atoms with E-state index in [2.05, 4.69) is 4.74 Å². The number of halogens is 2. The van der Waals surface area contributed by atoms with Crippen LogP contribution in [-0.2, 0) is 4.74 Å². The molecule has 1 heterocycles. The molecule has 0 saturated carbocycles. The van der Waals surface area contributed by atoms with Gasteiger partial charge >= 0.3 is 6.61 Å². The van der Waals surface area contributed by atoms with Crippen molar-refractivity contribution in [2.75, 3.05) is 6.61 Å². The lowest BCUT2D eigenvalue weighted by atomic mass is 10.1. The molecule has 1 saturated heterocycles. The molecule has 2 rings (SSSR count). The average molecular weight is 200 g/mol. The molecule has 0 spiro atoms. The lowest BCUT2D eigenvalue weighted by Gasteiger charge is -2.11. The number of hydrogen-bond donors (Lipinski definition) is 0. The molecule has 1 fully saturated rings. The van der Waals surface area contributed by atoms with Gasteiger partial charge in [0.1, 0.15) is 11.9 Å². The standard InChI is InChI=1S/C10H10F2O2/c1-6-3-2-4-7(8-5-13-8)9(6)14-10(11)12/h2-4,8,10H,5H2,1H3. The van der Waals surface area contributed by atoms with Crippen molar-refractivity contribution in [2.24, 2.45) is 0 Å². The molecular formula is C10H10F2O2. The molecule has 76 valence electrons. The topological polar surface area (TPSA) is 21.8 Å². The minimum Gasteiger partial charge on any atom is -0.434 e. The number of ether oxygens (including phenoxy) is 2. The minimum absolute atomic E-state index is 0.0661. The highest BCUT2D eigenvalue weighted by Crippen LogP contribution is 2.38. The van der Waals surface area contributed by atoms with Gasteiger partial charge in [0, 0.05) is 5.56 Å². The van der Waals surface area contributed by atoms with Gasteiger partial charge < -0.3 is 9.47 Å². The first-order valence-electron chi connectivity index (χ1n) is 4.34. The third-order valence-corrected chi connectivity index (χ3v) is 2.13. The zero-order valence-corrected chi connectivity index (χ0v) is 7.67. The Balaban J connectivity index is 2.32. The molecule has 0 aromatic heterocycles. The summed E-state index contributed by atoms with van der Waals surface area (Å²) in [4.78, 5) is 0. The van der Waals surface area contributed by atoms with E-state index in [-0.39, 0.29) is 11.9 Å². The molecular weight excluding hydrogens is 190 g/mol. The first-order valence-corrected chi connectivity index (χ1v) is 4.34. The highest BCUT2D eigenvalue weighted by Gasteiger charge is 2.29. The first-order chi connectivity index (χ1) is 6.68. The van der Waals surface area contributed by atoms with E-state index >= 15 is 0 Å². The van der Waals surface area contributed by atoms with E-state index in [4.69, 9.17) is 4.74 Å². The van der Waals surface area contributed by atoms with E-state index in [0.29, 0.717) is 17.7 Å². The Kier molecular flexibility index (Phi) is 2.37. The maximum absolute atomic E-state index is 12.1. The lowest BCUT2D eigenvalue weighted by molar-refractivity contribution is -0.0510. The summed E-state index contributed by atoms with van der Waals surface area (Å²) in [6.07, 6.45) is -0.0661. The van der Waals surface area contributed by atoms with Gasteiger partial charge in [-0.2, -0.15) is 8.78 Å². The number of aryl methyl sites for hydroxylation is 1. The van der Waals surface area contributed by atoms with Crippen LogP contribution >= 0.6 is 0 Å². The third kappa shape index (κ3) is 1.85. The summed E-state index contributed by atoms with van der Waals surface area (Å²) < 4.78 is 33.7. The SMILES string of the molecule is Cc1cccc(C2CO2)c1OC(F)F. The highest BCUT2D eigenvalue weighted by atomic mass is 19.3. The van der Waals surface area contributed by atoms with Gasteiger partial charge in [0.05, 0.1) is 6.61 Å². The second kappa shape index (κ2) is 3.53. The van der Waals surface area contributed by atoms with Crippen LogP contribution in [0.3, 0.4) is 0 Å². The fourth-order valence-electron chi connectivity index (χ4n) is 1.41. The van der Waals surface area contributed by atoms with Crippen LogP contribution in [0.1, 0.15) is 17.2 Å². The average Bonchev–Trinajstić information content (AvgIpc) is 2.90. The summed E-state index contributed by atoms with van der Waals surface area (Å²) in [5.74, 6) is 0.255. The number of para-hydroxylation sites is 1. The largest absolute Gasteiger partial charge is 0.434 e. The fraction of sp³-hybridized carbons (Fsp3) is 0.400. The molecule has 4 heteroatoms. The summed E-state index contributed by atoms with van der Waals surface area (Å²) in [5, 5.41) is 0. The summed E-state index contributed by atoms with van der Waals surface area (Å²) in [7, 11) is 0. The third-order valence-electron chi connectivity index (χ3n) is 2.13. The van der Waals surface area contributed by atoms with Crippen LogP contribution in [0.25, 0.3) is 0 Å². The molecule has 0 bridgehead atoms. The number of rotatable bonds is 3. The normalized spacial score (nSPS) is 19.9. The number of benzene rings is 1. The molecule has 1 aliphatic rings. The Hall–Kier alpha value is -1.16. The smallest absolute Gasteiger partial charge is 0.387 e. The molecule has 0 aliphatic carbocycles. The molecule has 0 radical (unpaired) electrons. The first kappa shape index (κ1) is 9.40. The summed E-state index contributed by atoms with van der Waals surface area (Å²) in [6, 6.07) is 5.30. The van der Waals surface area contributed by atoms with Gasteiger partial charge in [-0.15, -0.1) is 0 Å². The van der Waals surface area contributed by atoms with E-state index in [1.807, 2.05) is 6.07 Å². The van der Waals surface area contributed by atoms with E-state index in [9.17, 15) is 8.78 Å². The van der Waals surface area contributed by atoms with Gasteiger partial charge in [-0.3, -0.25) is 0 Å². The molecule has 2 nitrogen and oxygen atoms in total. The molecule has 1 aliphatic heterocycles. The van der Waals surface area contributed by atoms with Crippen molar-refractivity contribution in [3.63, 3.8) is 0 Å². The molecule has 1 aromatic rings. The number of hydrogen-bond acceptors (Lipinski definition) is 2. The molecule has 14 heavy (non-hydrogen) atoms. The quantitative estimate of drug-likeness (QED) is 0.699.